The molecule has 0 unspecified atom stereocenters. The van der Waals surface area contributed by atoms with E-state index in [1.54, 1.807) is 0 Å². The second kappa shape index (κ2) is 7.69. The first-order valence-corrected chi connectivity index (χ1v) is 6.91. The molecule has 0 bridgehead atoms. The average Bonchev–Trinajstić information content (AvgIpc) is 2.31. The zero-order chi connectivity index (χ0) is 15.1. The number of ether oxygens (including phenoxy) is 1. The summed E-state index contributed by atoms with van der Waals surface area (Å²) >= 11 is 0. The first-order chi connectivity index (χ1) is 8.68. The minimum absolute atomic E-state index is 0.262. The van der Waals surface area contributed by atoms with Crippen LogP contribution in [0.15, 0.2) is 0 Å². The molecular weight excluding hydrogens is 280 g/mol. The Morgan fingerprint density at radius 3 is 2.32 bits per heavy atom. The third kappa shape index (κ3) is 8.11. The van der Waals surface area contributed by atoms with Crippen molar-refractivity contribution in [2.24, 2.45) is 5.73 Å². The number of methoxy groups -OCH3 is 1. The smallest absolute Gasteiger partial charge is 0.321 e. The highest BCUT2D eigenvalue weighted by molar-refractivity contribution is 7.89. The van der Waals surface area contributed by atoms with Gasteiger partial charge in [0.15, 0.2) is 0 Å². The van der Waals surface area contributed by atoms with Gasteiger partial charge >= 0.3 is 11.9 Å². The third-order valence-corrected chi connectivity index (χ3v) is 3.49. The van der Waals surface area contributed by atoms with Crippen molar-refractivity contribution in [1.82, 2.24) is 4.72 Å². The number of nitrogens with two attached hydrogens (primary N) is 1. The molecule has 0 aromatic heterocycles. The van der Waals surface area contributed by atoms with E-state index in [0.717, 1.165) is 7.11 Å². The molecule has 0 saturated carbocycles. The molecule has 10 heteroatoms. The number of hydrogen-bond acceptors (Lipinski definition) is 6. The highest BCUT2D eigenvalue weighted by Gasteiger charge is 2.24. The lowest BCUT2D eigenvalue weighted by Gasteiger charge is -2.13. The molecule has 4 N–H and O–H groups in total. The number of carbonyl (C=O) groups excluding carboxylic acids is 2. The minimum atomic E-state index is -3.96. The number of carbonyl (C=O) groups is 3. The second-order valence-electron chi connectivity index (χ2n) is 3.66. The standard InChI is InChI=1S/C9H16N2O7S/c1-18-8(13)4-5-19(16,17)11-6(9(14)15)2-3-7(10)12/h6,11H,2-5H2,1H3,(H2,10,12)(H,14,15)/t6-/m0/s1. The van der Waals surface area contributed by atoms with Crippen molar-refractivity contribution in [1.29, 1.82) is 0 Å². The first-order valence-electron chi connectivity index (χ1n) is 5.26. The van der Waals surface area contributed by atoms with Crippen LogP contribution in [0.4, 0.5) is 0 Å². The Kier molecular flexibility index (Phi) is 7.01. The summed E-state index contributed by atoms with van der Waals surface area (Å²) in [4.78, 5) is 32.2. The highest BCUT2D eigenvalue weighted by atomic mass is 32.2. The Balaban J connectivity index is 4.51. The van der Waals surface area contributed by atoms with Crippen molar-refractivity contribution < 1.29 is 32.6 Å². The lowest BCUT2D eigenvalue weighted by molar-refractivity contribution is -0.140. The van der Waals surface area contributed by atoms with Crippen LogP contribution in [-0.2, 0) is 29.1 Å². The second-order valence-corrected chi connectivity index (χ2v) is 5.53. The van der Waals surface area contributed by atoms with E-state index in [1.807, 2.05) is 4.72 Å². The Labute approximate surface area is 110 Å². The van der Waals surface area contributed by atoms with Crippen LogP contribution in [0, 0.1) is 0 Å². The molecule has 0 fully saturated rings. The number of amides is 1. The molecule has 0 aliphatic rings. The maximum atomic E-state index is 11.5. The van der Waals surface area contributed by atoms with E-state index >= 15 is 0 Å². The molecule has 0 saturated heterocycles. The largest absolute Gasteiger partial charge is 0.480 e. The van der Waals surface area contributed by atoms with Crippen LogP contribution < -0.4 is 10.5 Å². The van der Waals surface area contributed by atoms with Crippen LogP contribution >= 0.6 is 0 Å². The number of aliphatic carboxylic acids is 1. The molecule has 0 aromatic rings. The Bertz CT molecular complexity index is 445. The average molecular weight is 296 g/mol. The van der Waals surface area contributed by atoms with Crippen molar-refractivity contribution in [3.05, 3.63) is 0 Å². The van der Waals surface area contributed by atoms with E-state index in [9.17, 15) is 22.8 Å². The summed E-state index contributed by atoms with van der Waals surface area (Å²) in [6.07, 6.45) is -0.924. The Morgan fingerprint density at radius 2 is 1.89 bits per heavy atom. The lowest BCUT2D eigenvalue weighted by Crippen LogP contribution is -2.42. The Morgan fingerprint density at radius 1 is 1.32 bits per heavy atom. The predicted octanol–water partition coefficient (Wildman–Crippen LogP) is -1.81. The summed E-state index contributed by atoms with van der Waals surface area (Å²) in [5.41, 5.74) is 4.85. The molecule has 0 aliphatic carbocycles. The normalized spacial score (nSPS) is 12.7. The van der Waals surface area contributed by atoms with Crippen molar-refractivity contribution in [3.63, 3.8) is 0 Å². The fourth-order valence-electron chi connectivity index (χ4n) is 1.11. The van der Waals surface area contributed by atoms with Gasteiger partial charge in [0.1, 0.15) is 6.04 Å². The van der Waals surface area contributed by atoms with Gasteiger partial charge in [-0.1, -0.05) is 0 Å². The summed E-state index contributed by atoms with van der Waals surface area (Å²) in [6, 6.07) is -1.46. The zero-order valence-electron chi connectivity index (χ0n) is 10.3. The fraction of sp³-hybridized carbons (Fsp3) is 0.667. The molecule has 1 amide bonds. The van der Waals surface area contributed by atoms with Crippen molar-refractivity contribution in [2.75, 3.05) is 12.9 Å². The monoisotopic (exact) mass is 296 g/mol. The maximum absolute atomic E-state index is 11.5. The molecule has 1 atom stereocenters. The van der Waals surface area contributed by atoms with Crippen LogP contribution in [0.5, 0.6) is 0 Å². The third-order valence-electron chi connectivity index (χ3n) is 2.10. The quantitative estimate of drug-likeness (QED) is 0.424. The number of hydrogen-bond donors (Lipinski definition) is 3. The Hall–Kier alpha value is -1.68. The van der Waals surface area contributed by atoms with Crippen molar-refractivity contribution in [3.8, 4) is 0 Å². The fourth-order valence-corrected chi connectivity index (χ4v) is 2.32. The summed E-state index contributed by atoms with van der Waals surface area (Å²) in [7, 11) is -2.86. The van der Waals surface area contributed by atoms with Crippen LogP contribution in [0.2, 0.25) is 0 Å². The number of primary amides is 1. The van der Waals surface area contributed by atoms with Gasteiger partial charge in [-0.05, 0) is 6.42 Å². The van der Waals surface area contributed by atoms with Gasteiger partial charge < -0.3 is 15.6 Å². The summed E-state index contributed by atoms with van der Waals surface area (Å²) in [5.74, 6) is -3.49. The van der Waals surface area contributed by atoms with Crippen LogP contribution in [0.1, 0.15) is 19.3 Å². The molecule has 19 heavy (non-hydrogen) atoms. The summed E-state index contributed by atoms with van der Waals surface area (Å²) in [6.45, 7) is 0. The first kappa shape index (κ1) is 17.3. The van der Waals surface area contributed by atoms with Gasteiger partial charge in [-0.3, -0.25) is 14.4 Å². The summed E-state index contributed by atoms with van der Waals surface area (Å²) < 4.78 is 29.2. The van der Waals surface area contributed by atoms with Gasteiger partial charge in [0.05, 0.1) is 19.3 Å². The number of rotatable bonds is 9. The molecule has 0 aliphatic heterocycles. The molecule has 0 heterocycles. The number of nitrogens with one attached hydrogen (secondary N) is 1. The van der Waals surface area contributed by atoms with Crippen LogP contribution in [0.3, 0.4) is 0 Å². The zero-order valence-corrected chi connectivity index (χ0v) is 11.1. The van der Waals surface area contributed by atoms with Gasteiger partial charge in [0.25, 0.3) is 0 Å². The molecule has 9 nitrogen and oxygen atoms in total. The van der Waals surface area contributed by atoms with Gasteiger partial charge in [-0.25, -0.2) is 13.1 Å². The van der Waals surface area contributed by atoms with Gasteiger partial charge in [0, 0.05) is 6.42 Å². The molecule has 110 valence electrons. The van der Waals surface area contributed by atoms with Gasteiger partial charge in [-0.2, -0.15) is 0 Å². The lowest BCUT2D eigenvalue weighted by atomic mass is 10.2. The molecule has 0 radical (unpaired) electrons. The number of carboxylic acids is 1. The van der Waals surface area contributed by atoms with Gasteiger partial charge in [0.2, 0.25) is 15.9 Å². The molecular formula is C9H16N2O7S. The number of sulfonamides is 1. The topological polar surface area (TPSA) is 153 Å². The molecule has 0 rings (SSSR count). The van der Waals surface area contributed by atoms with E-state index in [2.05, 4.69) is 4.74 Å². The number of esters is 1. The predicted molar refractivity (Wildman–Crippen MR) is 63.4 cm³/mol. The van der Waals surface area contributed by atoms with E-state index in [0.29, 0.717) is 0 Å². The van der Waals surface area contributed by atoms with E-state index in [4.69, 9.17) is 10.8 Å². The SMILES string of the molecule is COC(=O)CCS(=O)(=O)N[C@@H](CCC(N)=O)C(=O)O. The highest BCUT2D eigenvalue weighted by Crippen LogP contribution is 2.01. The summed E-state index contributed by atoms with van der Waals surface area (Å²) in [5, 5.41) is 8.80. The molecule has 0 aromatic carbocycles. The minimum Gasteiger partial charge on any atom is -0.480 e. The maximum Gasteiger partial charge on any atom is 0.321 e. The van der Waals surface area contributed by atoms with Crippen LogP contribution in [0.25, 0.3) is 0 Å². The van der Waals surface area contributed by atoms with Crippen molar-refractivity contribution >= 4 is 27.9 Å². The van der Waals surface area contributed by atoms with Crippen LogP contribution in [-0.4, -0.2) is 50.3 Å². The number of carboxylic acid groups (broad SMARTS) is 1. The van der Waals surface area contributed by atoms with Crippen molar-refractivity contribution in [2.45, 2.75) is 25.3 Å². The van der Waals surface area contributed by atoms with E-state index < -0.39 is 46.1 Å². The van der Waals surface area contributed by atoms with Gasteiger partial charge in [-0.15, -0.1) is 0 Å². The molecule has 0 spiro atoms. The van der Waals surface area contributed by atoms with E-state index in [-0.39, 0.29) is 12.8 Å². The van der Waals surface area contributed by atoms with E-state index in [1.165, 1.54) is 0 Å².